The number of imide groups is 1. The summed E-state index contributed by atoms with van der Waals surface area (Å²) in [6.45, 7) is 7.83. The van der Waals surface area contributed by atoms with Crippen LogP contribution in [-0.4, -0.2) is 116 Å². The van der Waals surface area contributed by atoms with Crippen molar-refractivity contribution in [2.24, 2.45) is 0 Å². The Morgan fingerprint density at radius 3 is 1.77 bits per heavy atom. The molecular formula is C52H65BrMgN2O13. The maximum Gasteiger partial charge on any atom is 2.00 e. The minimum Gasteiger partial charge on any atom is -1.00 e. The Kier molecular flexibility index (Phi) is 33.4. The minimum atomic E-state index is -0.978. The van der Waals surface area contributed by atoms with Gasteiger partial charge in [-0.05, 0) is 73.9 Å². The van der Waals surface area contributed by atoms with Gasteiger partial charge in [0, 0.05) is 37.4 Å². The smallest absolute Gasteiger partial charge is 1.00 e. The van der Waals surface area contributed by atoms with Gasteiger partial charge in [-0.3, -0.25) is 9.59 Å². The van der Waals surface area contributed by atoms with Gasteiger partial charge in [0.05, 0.1) is 27.4 Å². The summed E-state index contributed by atoms with van der Waals surface area (Å²) in [5.74, 6) is -0.152. The molecule has 2 saturated heterocycles. The quantitative estimate of drug-likeness (QED) is 0.0295. The van der Waals surface area contributed by atoms with Crippen LogP contribution in [-0.2, 0) is 51.3 Å². The molecule has 15 nitrogen and oxygen atoms in total. The number of alkyl carbamates (subject to hydrolysis) is 1. The number of halogens is 1. The monoisotopic (exact) mass is 1030 g/mol. The SMILES string of the molecule is C1CCOC1.CCCCOc1cc[c-]cc1.CCCCOc1ccc(C(=O)CC[C@H](NC(=O)OCc2ccccc2)C(=O)OC)cc1.COC(=O)[C@@H]1CCC(=O)N1C(=O)OCc1ccccc1.[Br-].[Mg+2]. The Labute approximate surface area is 433 Å². The van der Waals surface area contributed by atoms with Crippen LogP contribution in [0.4, 0.5) is 9.59 Å². The third-order valence-corrected chi connectivity index (χ3v) is 9.96. The fourth-order valence-corrected chi connectivity index (χ4v) is 6.16. The van der Waals surface area contributed by atoms with Gasteiger partial charge in [0.2, 0.25) is 5.91 Å². The van der Waals surface area contributed by atoms with Crippen molar-refractivity contribution in [3.63, 3.8) is 0 Å². The molecule has 0 saturated carbocycles. The van der Waals surface area contributed by atoms with Crippen LogP contribution in [0.3, 0.4) is 0 Å². The number of hydrogen-bond donors (Lipinski definition) is 1. The molecule has 370 valence electrons. The van der Waals surface area contributed by atoms with Crippen molar-refractivity contribution in [3.05, 3.63) is 132 Å². The molecule has 1 N–H and O–H groups in total. The Morgan fingerprint density at radius 1 is 0.739 bits per heavy atom. The number of rotatable bonds is 19. The van der Waals surface area contributed by atoms with Gasteiger partial charge in [-0.25, -0.2) is 24.1 Å². The molecule has 0 aromatic heterocycles. The van der Waals surface area contributed by atoms with Gasteiger partial charge < -0.3 is 55.5 Å². The molecule has 2 aliphatic rings. The van der Waals surface area contributed by atoms with Gasteiger partial charge >= 0.3 is 47.2 Å². The second kappa shape index (κ2) is 37.4. The summed E-state index contributed by atoms with van der Waals surface area (Å²) in [6, 6.07) is 33.8. The molecule has 0 unspecified atom stereocenters. The molecule has 0 aliphatic carbocycles. The van der Waals surface area contributed by atoms with Crippen LogP contribution in [0.5, 0.6) is 11.5 Å². The number of likely N-dealkylation sites (tertiary alicyclic amines) is 1. The van der Waals surface area contributed by atoms with Crippen LogP contribution >= 0.6 is 0 Å². The molecule has 2 atom stereocenters. The summed E-state index contributed by atoms with van der Waals surface area (Å²) < 4.78 is 35.5. The van der Waals surface area contributed by atoms with E-state index in [0.29, 0.717) is 17.9 Å². The van der Waals surface area contributed by atoms with E-state index in [1.807, 2.05) is 72.8 Å². The Hall–Kier alpha value is -5.49. The number of carbonyl (C=O) groups excluding carboxylic acids is 6. The summed E-state index contributed by atoms with van der Waals surface area (Å²) in [7, 11) is 2.45. The number of methoxy groups -OCH3 is 2. The predicted molar refractivity (Wildman–Crippen MR) is 256 cm³/mol. The largest absolute Gasteiger partial charge is 2.00 e. The molecular weight excluding hydrogens is 965 g/mol. The molecule has 69 heavy (non-hydrogen) atoms. The molecule has 0 spiro atoms. The van der Waals surface area contributed by atoms with Crippen molar-refractivity contribution >= 4 is 58.9 Å². The normalized spacial score (nSPS) is 13.5. The van der Waals surface area contributed by atoms with Crippen molar-refractivity contribution in [2.75, 3.05) is 40.6 Å². The zero-order chi connectivity index (χ0) is 48.5. The summed E-state index contributed by atoms with van der Waals surface area (Å²) in [5.41, 5.74) is 2.14. The van der Waals surface area contributed by atoms with E-state index in [1.54, 1.807) is 36.4 Å². The molecule has 0 radical (unpaired) electrons. The number of amides is 3. The second-order valence-electron chi connectivity index (χ2n) is 15.1. The van der Waals surface area contributed by atoms with Gasteiger partial charge in [-0.2, -0.15) is 18.2 Å². The van der Waals surface area contributed by atoms with Crippen LogP contribution in [0.2, 0.25) is 0 Å². The van der Waals surface area contributed by atoms with Gasteiger partial charge in [0.1, 0.15) is 31.0 Å². The zero-order valence-corrected chi connectivity index (χ0v) is 43.2. The number of esters is 2. The maximum atomic E-state index is 12.5. The molecule has 2 aliphatic heterocycles. The van der Waals surface area contributed by atoms with Crippen molar-refractivity contribution in [2.45, 2.75) is 103 Å². The van der Waals surface area contributed by atoms with Crippen LogP contribution in [0.25, 0.3) is 0 Å². The van der Waals surface area contributed by atoms with E-state index >= 15 is 0 Å². The third-order valence-electron chi connectivity index (χ3n) is 9.96. The van der Waals surface area contributed by atoms with Gasteiger partial charge in [0.25, 0.3) is 0 Å². The first-order chi connectivity index (χ1) is 32.6. The first kappa shape index (κ1) is 61.5. The topological polar surface area (TPSA) is 182 Å². The average Bonchev–Trinajstić information content (AvgIpc) is 4.09. The number of nitrogens with zero attached hydrogens (tertiary/aromatic N) is 1. The van der Waals surface area contributed by atoms with E-state index in [-0.39, 0.29) is 84.7 Å². The van der Waals surface area contributed by atoms with Crippen molar-refractivity contribution in [1.29, 1.82) is 0 Å². The number of hydrogen-bond acceptors (Lipinski definition) is 13. The predicted octanol–water partition coefficient (Wildman–Crippen LogP) is 5.87. The van der Waals surface area contributed by atoms with Crippen molar-refractivity contribution in [3.8, 4) is 11.5 Å². The number of Topliss-reactive ketones (excluding diaryl/α,β-unsaturated/α-hetero) is 1. The number of benzene rings is 4. The van der Waals surface area contributed by atoms with Gasteiger partial charge in [0.15, 0.2) is 5.78 Å². The van der Waals surface area contributed by atoms with E-state index in [4.69, 9.17) is 28.4 Å². The second-order valence-corrected chi connectivity index (χ2v) is 15.1. The summed E-state index contributed by atoms with van der Waals surface area (Å²) in [6.07, 6.45) is 5.88. The first-order valence-electron chi connectivity index (χ1n) is 22.7. The fourth-order valence-electron chi connectivity index (χ4n) is 6.16. The molecule has 6 rings (SSSR count). The number of ketones is 1. The molecule has 4 aromatic carbocycles. The summed E-state index contributed by atoms with van der Waals surface area (Å²) >= 11 is 0. The van der Waals surface area contributed by atoms with Crippen LogP contribution in [0, 0.1) is 6.07 Å². The number of nitrogens with one attached hydrogen (secondary N) is 1. The average molecular weight is 1030 g/mol. The van der Waals surface area contributed by atoms with Crippen molar-refractivity contribution < 1.29 is 78.9 Å². The number of carbonyl (C=O) groups is 6. The van der Waals surface area contributed by atoms with E-state index in [2.05, 4.69) is 30.0 Å². The van der Waals surface area contributed by atoms with E-state index in [0.717, 1.165) is 60.9 Å². The summed E-state index contributed by atoms with van der Waals surface area (Å²) in [4.78, 5) is 72.6. The molecule has 0 bridgehead atoms. The Bertz CT molecular complexity index is 2040. The molecule has 4 aromatic rings. The van der Waals surface area contributed by atoms with E-state index in [9.17, 15) is 28.8 Å². The Morgan fingerprint density at radius 2 is 1.28 bits per heavy atom. The van der Waals surface area contributed by atoms with Crippen LogP contribution < -0.4 is 31.8 Å². The molecule has 2 heterocycles. The van der Waals surface area contributed by atoms with E-state index < -0.39 is 42.1 Å². The van der Waals surface area contributed by atoms with E-state index in [1.165, 1.54) is 33.5 Å². The van der Waals surface area contributed by atoms with Crippen LogP contribution in [0.15, 0.2) is 109 Å². The molecule has 2 fully saturated rings. The maximum absolute atomic E-state index is 12.5. The first-order valence-corrected chi connectivity index (χ1v) is 22.7. The van der Waals surface area contributed by atoms with Gasteiger partial charge in [-0.1, -0.05) is 87.4 Å². The third kappa shape index (κ3) is 25.1. The minimum absolute atomic E-state index is 0. The van der Waals surface area contributed by atoms with Gasteiger partial charge in [-0.15, -0.1) is 12.1 Å². The summed E-state index contributed by atoms with van der Waals surface area (Å²) in [5, 5.41) is 2.47. The van der Waals surface area contributed by atoms with Crippen molar-refractivity contribution in [1.82, 2.24) is 10.2 Å². The van der Waals surface area contributed by atoms with Crippen LogP contribution in [0.1, 0.15) is 99.5 Å². The number of unbranched alkanes of at least 4 members (excludes halogenated alkanes) is 2. The zero-order valence-electron chi connectivity index (χ0n) is 40.2. The molecule has 3 amide bonds. The molecule has 17 heteroatoms. The fraction of sp³-hybridized carbons (Fsp3) is 0.423. The number of ether oxygens (including phenoxy) is 7. The standard InChI is InChI=1S/C24H29NO6.C14H15NO5.C10H13O.C4H8O.BrH.Mg/c1-3-4-16-30-20-12-10-19(11-13-20)22(26)15-14-21(23(27)29-2)25-24(28)31-17-18-8-6-5-7-9-18;1-19-13(17)11-7-8-12(16)15(11)14(18)20-9-10-5-3-2-4-6-10;1-2-3-9-11-10-7-5-4-6-8-10;1-2-4-5-3-1;;/h5-13,21H,3-4,14-17H2,1-2H3,(H,25,28);2-6,11H,7-9H2,1H3;5-8H,2-3,9H2,1H3;1-4H2;1H;/q;;-1;;;+2/p-1/t21-;11-;;;;/m00..../s1. The Balaban J connectivity index is 0.000000531.